The zero-order valence-corrected chi connectivity index (χ0v) is 9.61. The monoisotopic (exact) mass is 215 g/mol. The van der Waals surface area contributed by atoms with Crippen molar-refractivity contribution in [3.63, 3.8) is 0 Å². The van der Waals surface area contributed by atoms with Crippen molar-refractivity contribution in [1.82, 2.24) is 9.78 Å². The second-order valence-electron chi connectivity index (χ2n) is 4.67. The normalized spacial score (nSPS) is 15.9. The summed E-state index contributed by atoms with van der Waals surface area (Å²) in [4.78, 5) is 0. The molecule has 1 aliphatic rings. The molecule has 3 heteroatoms. The van der Waals surface area contributed by atoms with E-state index < -0.39 is 0 Å². The molecule has 16 heavy (non-hydrogen) atoms. The summed E-state index contributed by atoms with van der Waals surface area (Å²) in [5.41, 5.74) is 9.45. The van der Waals surface area contributed by atoms with Crippen LogP contribution in [0.1, 0.15) is 30.0 Å². The SMILES string of the molecule is Cn1nc2ccc(CCN)cc2c1C1CC1. The predicted octanol–water partition coefficient (Wildman–Crippen LogP) is 1.95. The van der Waals surface area contributed by atoms with E-state index in [4.69, 9.17) is 5.73 Å². The van der Waals surface area contributed by atoms with Crippen molar-refractivity contribution in [3.8, 4) is 0 Å². The Hall–Kier alpha value is -1.35. The molecular weight excluding hydrogens is 198 g/mol. The molecule has 0 saturated heterocycles. The molecule has 0 bridgehead atoms. The minimum atomic E-state index is 0.713. The molecule has 0 atom stereocenters. The van der Waals surface area contributed by atoms with E-state index >= 15 is 0 Å². The molecule has 2 N–H and O–H groups in total. The number of aryl methyl sites for hydroxylation is 1. The summed E-state index contributed by atoms with van der Waals surface area (Å²) in [7, 11) is 2.05. The molecule has 0 aliphatic heterocycles. The van der Waals surface area contributed by atoms with Gasteiger partial charge in [-0.25, -0.2) is 0 Å². The smallest absolute Gasteiger partial charge is 0.0926 e. The lowest BCUT2D eigenvalue weighted by molar-refractivity contribution is 0.723. The lowest BCUT2D eigenvalue weighted by atomic mass is 10.1. The molecular formula is C13H17N3. The van der Waals surface area contributed by atoms with E-state index in [-0.39, 0.29) is 0 Å². The van der Waals surface area contributed by atoms with Crippen LogP contribution in [0.2, 0.25) is 0 Å². The Balaban J connectivity index is 2.15. The Morgan fingerprint density at radius 1 is 1.44 bits per heavy atom. The van der Waals surface area contributed by atoms with Gasteiger partial charge in [-0.1, -0.05) is 6.07 Å². The average molecular weight is 215 g/mol. The maximum Gasteiger partial charge on any atom is 0.0926 e. The molecule has 84 valence electrons. The van der Waals surface area contributed by atoms with E-state index in [1.165, 1.54) is 29.5 Å². The van der Waals surface area contributed by atoms with Crippen molar-refractivity contribution in [2.24, 2.45) is 12.8 Å². The second kappa shape index (κ2) is 3.59. The largest absolute Gasteiger partial charge is 0.330 e. The Bertz CT molecular complexity index is 523. The van der Waals surface area contributed by atoms with Gasteiger partial charge >= 0.3 is 0 Å². The zero-order valence-electron chi connectivity index (χ0n) is 9.61. The average Bonchev–Trinajstić information content (AvgIpc) is 3.02. The number of benzene rings is 1. The van der Waals surface area contributed by atoms with Crippen LogP contribution in [0.25, 0.3) is 10.9 Å². The van der Waals surface area contributed by atoms with Gasteiger partial charge in [0.25, 0.3) is 0 Å². The van der Waals surface area contributed by atoms with E-state index in [9.17, 15) is 0 Å². The Kier molecular flexibility index (Phi) is 2.21. The van der Waals surface area contributed by atoms with Gasteiger partial charge in [-0.2, -0.15) is 5.10 Å². The van der Waals surface area contributed by atoms with E-state index in [0.717, 1.165) is 17.9 Å². The van der Waals surface area contributed by atoms with Crippen molar-refractivity contribution < 1.29 is 0 Å². The lowest BCUT2D eigenvalue weighted by Gasteiger charge is -2.01. The van der Waals surface area contributed by atoms with Crippen molar-refractivity contribution >= 4 is 10.9 Å². The molecule has 2 aromatic rings. The molecule has 0 amide bonds. The first kappa shape index (κ1) is 9.85. The van der Waals surface area contributed by atoms with Gasteiger partial charge < -0.3 is 5.73 Å². The molecule has 1 aromatic heterocycles. The molecule has 0 unspecified atom stereocenters. The maximum absolute atomic E-state index is 5.60. The lowest BCUT2D eigenvalue weighted by Crippen LogP contribution is -2.02. The zero-order chi connectivity index (χ0) is 11.1. The topological polar surface area (TPSA) is 43.8 Å². The van der Waals surface area contributed by atoms with Crippen LogP contribution in [0.3, 0.4) is 0 Å². The Morgan fingerprint density at radius 2 is 2.25 bits per heavy atom. The van der Waals surface area contributed by atoms with Gasteiger partial charge in [0.05, 0.1) is 5.52 Å². The highest BCUT2D eigenvalue weighted by molar-refractivity contribution is 5.83. The van der Waals surface area contributed by atoms with Crippen LogP contribution >= 0.6 is 0 Å². The summed E-state index contributed by atoms with van der Waals surface area (Å²) in [5.74, 6) is 0.739. The van der Waals surface area contributed by atoms with Crippen LogP contribution in [0.4, 0.5) is 0 Å². The summed E-state index contributed by atoms with van der Waals surface area (Å²) in [6.07, 6.45) is 3.58. The molecule has 3 rings (SSSR count). The molecule has 3 nitrogen and oxygen atoms in total. The molecule has 1 saturated carbocycles. The number of hydrogen-bond acceptors (Lipinski definition) is 2. The number of nitrogens with zero attached hydrogens (tertiary/aromatic N) is 2. The molecule has 0 spiro atoms. The number of fused-ring (bicyclic) bond motifs is 1. The van der Waals surface area contributed by atoms with Crippen LogP contribution in [-0.2, 0) is 13.5 Å². The highest BCUT2D eigenvalue weighted by atomic mass is 15.3. The van der Waals surface area contributed by atoms with Gasteiger partial charge in [-0.05, 0) is 43.5 Å². The van der Waals surface area contributed by atoms with Crippen LogP contribution in [-0.4, -0.2) is 16.3 Å². The van der Waals surface area contributed by atoms with Crippen molar-refractivity contribution in [2.75, 3.05) is 6.54 Å². The fourth-order valence-corrected chi connectivity index (χ4v) is 2.43. The maximum atomic E-state index is 5.60. The van der Waals surface area contributed by atoms with E-state index in [1.54, 1.807) is 0 Å². The van der Waals surface area contributed by atoms with Gasteiger partial charge in [0, 0.05) is 24.0 Å². The third-order valence-electron chi connectivity index (χ3n) is 3.34. The quantitative estimate of drug-likeness (QED) is 0.850. The summed E-state index contributed by atoms with van der Waals surface area (Å²) in [6, 6.07) is 6.52. The highest BCUT2D eigenvalue weighted by Gasteiger charge is 2.28. The fraction of sp³-hybridized carbons (Fsp3) is 0.462. The summed E-state index contributed by atoms with van der Waals surface area (Å²) in [5, 5.41) is 5.89. The number of rotatable bonds is 3. The van der Waals surface area contributed by atoms with Crippen molar-refractivity contribution in [3.05, 3.63) is 29.5 Å². The van der Waals surface area contributed by atoms with Gasteiger partial charge in [-0.15, -0.1) is 0 Å². The molecule has 1 fully saturated rings. The molecule has 1 aliphatic carbocycles. The predicted molar refractivity (Wildman–Crippen MR) is 65.4 cm³/mol. The van der Waals surface area contributed by atoms with Gasteiger partial charge in [0.15, 0.2) is 0 Å². The first-order chi connectivity index (χ1) is 7.79. The van der Waals surface area contributed by atoms with Gasteiger partial charge in [-0.3, -0.25) is 4.68 Å². The van der Waals surface area contributed by atoms with Crippen LogP contribution in [0, 0.1) is 0 Å². The number of nitrogens with two attached hydrogens (primary N) is 1. The first-order valence-electron chi connectivity index (χ1n) is 5.95. The number of hydrogen-bond donors (Lipinski definition) is 1. The van der Waals surface area contributed by atoms with Crippen molar-refractivity contribution in [1.29, 1.82) is 0 Å². The standard InChI is InChI=1S/C13H17N3/c1-16-13(10-3-4-10)11-8-9(6-7-14)2-5-12(11)15-16/h2,5,8,10H,3-4,6-7,14H2,1H3. The summed E-state index contributed by atoms with van der Waals surface area (Å²) in [6.45, 7) is 0.713. The third-order valence-corrected chi connectivity index (χ3v) is 3.34. The van der Waals surface area contributed by atoms with E-state index in [1.807, 2.05) is 0 Å². The number of aromatic nitrogens is 2. The van der Waals surface area contributed by atoms with Crippen LogP contribution in [0.15, 0.2) is 18.2 Å². The fourth-order valence-electron chi connectivity index (χ4n) is 2.43. The molecule has 0 radical (unpaired) electrons. The van der Waals surface area contributed by atoms with Crippen molar-refractivity contribution in [2.45, 2.75) is 25.2 Å². The summed E-state index contributed by atoms with van der Waals surface area (Å²) < 4.78 is 2.05. The first-order valence-corrected chi connectivity index (χ1v) is 5.95. The minimum Gasteiger partial charge on any atom is -0.330 e. The summed E-state index contributed by atoms with van der Waals surface area (Å²) >= 11 is 0. The highest BCUT2D eigenvalue weighted by Crippen LogP contribution is 2.42. The van der Waals surface area contributed by atoms with E-state index in [2.05, 4.69) is 35.0 Å². The third kappa shape index (κ3) is 1.52. The van der Waals surface area contributed by atoms with Crippen LogP contribution in [0.5, 0.6) is 0 Å². The van der Waals surface area contributed by atoms with Gasteiger partial charge in [0.1, 0.15) is 0 Å². The van der Waals surface area contributed by atoms with Crippen LogP contribution < -0.4 is 5.73 Å². The van der Waals surface area contributed by atoms with Gasteiger partial charge in [0.2, 0.25) is 0 Å². The Labute approximate surface area is 95.2 Å². The van der Waals surface area contributed by atoms with E-state index in [0.29, 0.717) is 6.54 Å². The second-order valence-corrected chi connectivity index (χ2v) is 4.67. The molecule has 1 heterocycles. The Morgan fingerprint density at radius 3 is 2.94 bits per heavy atom. The molecule has 1 aromatic carbocycles. The minimum absolute atomic E-state index is 0.713.